The van der Waals surface area contributed by atoms with Crippen LogP contribution in [0.4, 0.5) is 0 Å². The molecule has 3 nitrogen and oxygen atoms in total. The van der Waals surface area contributed by atoms with Gasteiger partial charge in [0.25, 0.3) is 5.91 Å². The van der Waals surface area contributed by atoms with Crippen LogP contribution in [0.15, 0.2) is 36.4 Å². The quantitative estimate of drug-likeness (QED) is 0.857. The van der Waals surface area contributed by atoms with Crippen LogP contribution in [0.3, 0.4) is 0 Å². The lowest BCUT2D eigenvalue weighted by atomic mass is 10.0. The minimum Gasteiger partial charge on any atom is -0.328 e. The highest BCUT2D eigenvalue weighted by Crippen LogP contribution is 2.30. The van der Waals surface area contributed by atoms with E-state index in [2.05, 4.69) is 61.0 Å². The zero-order valence-electron chi connectivity index (χ0n) is 14.1. The van der Waals surface area contributed by atoms with E-state index in [1.54, 1.807) is 11.3 Å². The van der Waals surface area contributed by atoms with E-state index in [9.17, 15) is 4.79 Å². The summed E-state index contributed by atoms with van der Waals surface area (Å²) < 4.78 is 0. The van der Waals surface area contributed by atoms with E-state index in [0.29, 0.717) is 0 Å². The van der Waals surface area contributed by atoms with Gasteiger partial charge in [-0.2, -0.15) is 0 Å². The van der Waals surface area contributed by atoms with Crippen LogP contribution >= 0.6 is 11.3 Å². The minimum absolute atomic E-state index is 0.134. The average Bonchev–Trinajstić information content (AvgIpc) is 2.96. The summed E-state index contributed by atoms with van der Waals surface area (Å²) in [5.41, 5.74) is 2.51. The van der Waals surface area contributed by atoms with Gasteiger partial charge in [0.2, 0.25) is 0 Å². The highest BCUT2D eigenvalue weighted by Gasteiger charge is 2.31. The molecule has 1 fully saturated rings. The van der Waals surface area contributed by atoms with Crippen LogP contribution in [0, 0.1) is 6.92 Å². The predicted octanol–water partition coefficient (Wildman–Crippen LogP) is 3.75. The van der Waals surface area contributed by atoms with Crippen molar-refractivity contribution in [3.05, 3.63) is 57.3 Å². The maximum atomic E-state index is 13.1. The topological polar surface area (TPSA) is 23.6 Å². The van der Waals surface area contributed by atoms with Crippen molar-refractivity contribution in [2.24, 2.45) is 0 Å². The van der Waals surface area contributed by atoms with Crippen molar-refractivity contribution in [1.29, 1.82) is 0 Å². The lowest BCUT2D eigenvalue weighted by Gasteiger charge is -2.40. The molecule has 0 N–H and O–H groups in total. The molecule has 0 saturated carbocycles. The largest absolute Gasteiger partial charge is 0.328 e. The third-order valence-corrected chi connectivity index (χ3v) is 5.72. The molecule has 1 atom stereocenters. The average molecular weight is 328 g/mol. The van der Waals surface area contributed by atoms with Crippen molar-refractivity contribution in [2.45, 2.75) is 26.3 Å². The van der Waals surface area contributed by atoms with Crippen molar-refractivity contribution < 1.29 is 4.79 Å². The number of benzene rings is 1. The highest BCUT2D eigenvalue weighted by atomic mass is 32.1. The molecule has 1 saturated heterocycles. The second-order valence-electron chi connectivity index (χ2n) is 6.23. The summed E-state index contributed by atoms with van der Waals surface area (Å²) in [6.45, 7) is 6.86. The third kappa shape index (κ3) is 3.33. The molecule has 0 unspecified atom stereocenters. The summed E-state index contributed by atoms with van der Waals surface area (Å²) in [4.78, 5) is 19.6. The van der Waals surface area contributed by atoms with Crippen molar-refractivity contribution in [2.75, 3.05) is 26.7 Å². The molecular weight excluding hydrogens is 304 g/mol. The standard InChI is InChI=1S/C19H24N2OS/c1-4-15-12-18(23-14(15)2)19(22)21-11-10-20(3)13-17(21)16-8-6-5-7-9-16/h5-9,12,17H,4,10-11,13H2,1-3H3/t17-/m0/s1. The molecule has 1 aromatic carbocycles. The first-order chi connectivity index (χ1) is 11.1. The molecule has 0 spiro atoms. The fourth-order valence-corrected chi connectivity index (χ4v) is 4.31. The molecule has 2 heterocycles. The molecule has 4 heteroatoms. The summed E-state index contributed by atoms with van der Waals surface area (Å²) in [6.07, 6.45) is 0.987. The number of rotatable bonds is 3. The summed E-state index contributed by atoms with van der Waals surface area (Å²) in [6, 6.07) is 12.6. The Labute approximate surface area is 142 Å². The molecule has 3 rings (SSSR count). The van der Waals surface area contributed by atoms with E-state index < -0.39 is 0 Å². The smallest absolute Gasteiger partial charge is 0.264 e. The molecule has 122 valence electrons. The first-order valence-electron chi connectivity index (χ1n) is 8.24. The summed E-state index contributed by atoms with van der Waals surface area (Å²) in [5, 5.41) is 0. The Morgan fingerprint density at radius 2 is 2.00 bits per heavy atom. The van der Waals surface area contributed by atoms with Gasteiger partial charge in [0.1, 0.15) is 0 Å². The Bertz CT molecular complexity index is 680. The van der Waals surface area contributed by atoms with Crippen LogP contribution in [0.1, 0.15) is 38.6 Å². The van der Waals surface area contributed by atoms with E-state index in [4.69, 9.17) is 0 Å². The normalized spacial score (nSPS) is 19.1. The summed E-state index contributed by atoms with van der Waals surface area (Å²) in [7, 11) is 2.13. The number of carbonyl (C=O) groups excluding carboxylic acids is 1. The third-order valence-electron chi connectivity index (χ3n) is 4.64. The molecule has 0 bridgehead atoms. The number of amides is 1. The lowest BCUT2D eigenvalue weighted by Crippen LogP contribution is -2.49. The number of nitrogens with zero attached hydrogens (tertiary/aromatic N) is 2. The number of carbonyl (C=O) groups is 1. The van der Waals surface area contributed by atoms with E-state index in [1.165, 1.54) is 16.0 Å². The number of hydrogen-bond donors (Lipinski definition) is 0. The van der Waals surface area contributed by atoms with Crippen molar-refractivity contribution in [1.82, 2.24) is 9.80 Å². The van der Waals surface area contributed by atoms with Gasteiger partial charge in [0.15, 0.2) is 0 Å². The van der Waals surface area contributed by atoms with Gasteiger partial charge in [0.05, 0.1) is 10.9 Å². The first-order valence-corrected chi connectivity index (χ1v) is 9.05. The van der Waals surface area contributed by atoms with Crippen LogP contribution in [0.2, 0.25) is 0 Å². The Morgan fingerprint density at radius 3 is 2.65 bits per heavy atom. The Balaban J connectivity index is 1.90. The summed E-state index contributed by atoms with van der Waals surface area (Å²) in [5.74, 6) is 0.180. The van der Waals surface area contributed by atoms with E-state index in [-0.39, 0.29) is 11.9 Å². The van der Waals surface area contributed by atoms with Crippen LogP contribution in [-0.4, -0.2) is 42.4 Å². The van der Waals surface area contributed by atoms with Gasteiger partial charge in [-0.25, -0.2) is 0 Å². The van der Waals surface area contributed by atoms with Gasteiger partial charge in [-0.05, 0) is 37.6 Å². The highest BCUT2D eigenvalue weighted by molar-refractivity contribution is 7.14. The van der Waals surface area contributed by atoms with Gasteiger partial charge in [-0.3, -0.25) is 4.79 Å². The van der Waals surface area contributed by atoms with Gasteiger partial charge < -0.3 is 9.80 Å². The van der Waals surface area contributed by atoms with E-state index in [1.807, 2.05) is 6.07 Å². The second-order valence-corrected chi connectivity index (χ2v) is 7.49. The lowest BCUT2D eigenvalue weighted by molar-refractivity contribution is 0.0503. The number of aryl methyl sites for hydroxylation is 2. The van der Waals surface area contributed by atoms with Crippen molar-refractivity contribution in [3.63, 3.8) is 0 Å². The Morgan fingerprint density at radius 1 is 1.26 bits per heavy atom. The van der Waals surface area contributed by atoms with Gasteiger partial charge >= 0.3 is 0 Å². The minimum atomic E-state index is 0.134. The fraction of sp³-hybridized carbons (Fsp3) is 0.421. The van der Waals surface area contributed by atoms with Gasteiger partial charge in [-0.1, -0.05) is 37.3 Å². The molecule has 1 aromatic heterocycles. The molecule has 0 radical (unpaired) electrons. The maximum absolute atomic E-state index is 13.1. The molecule has 23 heavy (non-hydrogen) atoms. The van der Waals surface area contributed by atoms with Gasteiger partial charge in [-0.15, -0.1) is 11.3 Å². The van der Waals surface area contributed by atoms with Crippen molar-refractivity contribution >= 4 is 17.2 Å². The SMILES string of the molecule is CCc1cc(C(=O)N2CCN(C)C[C@H]2c2ccccc2)sc1C. The fourth-order valence-electron chi connectivity index (χ4n) is 3.24. The summed E-state index contributed by atoms with van der Waals surface area (Å²) >= 11 is 1.63. The zero-order valence-corrected chi connectivity index (χ0v) is 14.9. The van der Waals surface area contributed by atoms with Crippen LogP contribution < -0.4 is 0 Å². The zero-order chi connectivity index (χ0) is 16.4. The Hall–Kier alpha value is -1.65. The molecule has 1 aliphatic heterocycles. The van der Waals surface area contributed by atoms with Crippen molar-refractivity contribution in [3.8, 4) is 0 Å². The first kappa shape index (κ1) is 16.2. The van der Waals surface area contributed by atoms with Crippen LogP contribution in [-0.2, 0) is 6.42 Å². The Kier molecular flexibility index (Phi) is 4.83. The number of hydrogen-bond acceptors (Lipinski definition) is 3. The number of thiophene rings is 1. The molecular formula is C19H24N2OS. The number of piperazine rings is 1. The van der Waals surface area contributed by atoms with E-state index >= 15 is 0 Å². The van der Waals surface area contributed by atoms with Gasteiger partial charge in [0, 0.05) is 24.5 Å². The maximum Gasteiger partial charge on any atom is 0.264 e. The molecule has 1 amide bonds. The van der Waals surface area contributed by atoms with Crippen LogP contribution in [0.5, 0.6) is 0 Å². The monoisotopic (exact) mass is 328 g/mol. The molecule has 2 aromatic rings. The molecule has 0 aliphatic carbocycles. The molecule has 1 aliphatic rings. The second kappa shape index (κ2) is 6.85. The number of likely N-dealkylation sites (N-methyl/N-ethyl adjacent to an activating group) is 1. The predicted molar refractivity (Wildman–Crippen MR) is 96.2 cm³/mol. The van der Waals surface area contributed by atoms with Crippen LogP contribution in [0.25, 0.3) is 0 Å². The van der Waals surface area contributed by atoms with E-state index in [0.717, 1.165) is 30.9 Å².